The number of rotatable bonds is 5. The lowest BCUT2D eigenvalue weighted by Crippen LogP contribution is -2.40. The highest BCUT2D eigenvalue weighted by Crippen LogP contribution is 2.18. The van der Waals surface area contributed by atoms with Crippen LogP contribution >= 0.6 is 0 Å². The van der Waals surface area contributed by atoms with Crippen LogP contribution in [0.5, 0.6) is 0 Å². The van der Waals surface area contributed by atoms with E-state index in [9.17, 15) is 9.59 Å². The Hall–Kier alpha value is -1.62. The summed E-state index contributed by atoms with van der Waals surface area (Å²) in [4.78, 5) is 22.0. The van der Waals surface area contributed by atoms with Gasteiger partial charge in [0.1, 0.15) is 18.8 Å². The zero-order valence-electron chi connectivity index (χ0n) is 9.59. The highest BCUT2D eigenvalue weighted by Gasteiger charge is 2.29. The van der Waals surface area contributed by atoms with Gasteiger partial charge in [-0.1, -0.05) is 13.2 Å². The van der Waals surface area contributed by atoms with Gasteiger partial charge in [-0.2, -0.15) is 0 Å². The Balaban J connectivity index is 2.47. The van der Waals surface area contributed by atoms with E-state index < -0.39 is 24.1 Å². The van der Waals surface area contributed by atoms with Crippen LogP contribution in [-0.2, 0) is 23.8 Å². The van der Waals surface area contributed by atoms with E-state index in [1.807, 2.05) is 0 Å². The summed E-state index contributed by atoms with van der Waals surface area (Å²) in [5, 5.41) is 0. The molecule has 1 saturated heterocycles. The first-order chi connectivity index (χ1) is 8.17. The molecule has 0 bridgehead atoms. The smallest absolute Gasteiger partial charge is 0.330 e. The Kier molecular flexibility index (Phi) is 5.42. The average Bonchev–Trinajstić information content (AvgIpc) is 2.37. The minimum absolute atomic E-state index is 0.0555. The molecule has 1 rings (SSSR count). The fraction of sp³-hybridized carbons (Fsp3) is 0.500. The van der Waals surface area contributed by atoms with E-state index in [1.165, 1.54) is 0 Å². The SMILES string of the molecule is C=CC(=O)OCC1OCCCC1OC(=O)C=C. The van der Waals surface area contributed by atoms with Crippen LogP contribution in [0, 0.1) is 0 Å². The van der Waals surface area contributed by atoms with E-state index in [2.05, 4.69) is 13.2 Å². The van der Waals surface area contributed by atoms with Gasteiger partial charge < -0.3 is 14.2 Å². The summed E-state index contributed by atoms with van der Waals surface area (Å²) in [6.07, 6.45) is 2.86. The van der Waals surface area contributed by atoms with E-state index in [0.717, 1.165) is 18.6 Å². The zero-order valence-corrected chi connectivity index (χ0v) is 9.59. The van der Waals surface area contributed by atoms with Crippen molar-refractivity contribution in [3.63, 3.8) is 0 Å². The maximum Gasteiger partial charge on any atom is 0.330 e. The fourth-order valence-corrected chi connectivity index (χ4v) is 1.52. The first kappa shape index (κ1) is 13.4. The van der Waals surface area contributed by atoms with Crippen molar-refractivity contribution in [2.45, 2.75) is 25.0 Å². The molecule has 17 heavy (non-hydrogen) atoms. The third-order valence-corrected chi connectivity index (χ3v) is 2.37. The molecule has 1 aliphatic heterocycles. The van der Waals surface area contributed by atoms with Crippen LogP contribution in [0.1, 0.15) is 12.8 Å². The summed E-state index contributed by atoms with van der Waals surface area (Å²) in [5.74, 6) is -1.02. The molecule has 0 radical (unpaired) electrons. The van der Waals surface area contributed by atoms with Crippen LogP contribution in [0.4, 0.5) is 0 Å². The molecular formula is C12H16O5. The Morgan fingerprint density at radius 2 is 2.00 bits per heavy atom. The molecule has 0 N–H and O–H groups in total. The van der Waals surface area contributed by atoms with Crippen LogP contribution in [-0.4, -0.2) is 37.4 Å². The van der Waals surface area contributed by atoms with Crippen molar-refractivity contribution >= 4 is 11.9 Å². The van der Waals surface area contributed by atoms with Gasteiger partial charge in [-0.25, -0.2) is 9.59 Å². The molecule has 94 valence electrons. The second kappa shape index (κ2) is 6.85. The zero-order chi connectivity index (χ0) is 12.7. The Morgan fingerprint density at radius 3 is 2.65 bits per heavy atom. The van der Waals surface area contributed by atoms with Crippen molar-refractivity contribution in [3.8, 4) is 0 Å². The minimum Gasteiger partial charge on any atom is -0.460 e. The van der Waals surface area contributed by atoms with E-state index in [4.69, 9.17) is 14.2 Å². The van der Waals surface area contributed by atoms with Crippen molar-refractivity contribution in [1.82, 2.24) is 0 Å². The third-order valence-electron chi connectivity index (χ3n) is 2.37. The largest absolute Gasteiger partial charge is 0.460 e. The van der Waals surface area contributed by atoms with Crippen molar-refractivity contribution in [1.29, 1.82) is 0 Å². The lowest BCUT2D eigenvalue weighted by atomic mass is 10.1. The molecule has 1 heterocycles. The molecule has 1 fully saturated rings. The maximum absolute atomic E-state index is 11.1. The molecule has 1 aliphatic rings. The number of carbonyl (C=O) groups excluding carboxylic acids is 2. The molecule has 0 aromatic rings. The van der Waals surface area contributed by atoms with E-state index in [1.54, 1.807) is 0 Å². The minimum atomic E-state index is -0.520. The predicted octanol–water partition coefficient (Wildman–Crippen LogP) is 0.992. The van der Waals surface area contributed by atoms with Crippen molar-refractivity contribution in [3.05, 3.63) is 25.3 Å². The first-order valence-electron chi connectivity index (χ1n) is 5.41. The summed E-state index contributed by atoms with van der Waals surface area (Å²) < 4.78 is 15.4. The van der Waals surface area contributed by atoms with Crippen molar-refractivity contribution in [2.75, 3.05) is 13.2 Å². The van der Waals surface area contributed by atoms with Crippen LogP contribution in [0.15, 0.2) is 25.3 Å². The number of carbonyl (C=O) groups is 2. The molecule has 0 amide bonds. The summed E-state index contributed by atoms with van der Waals surface area (Å²) in [6.45, 7) is 7.24. The highest BCUT2D eigenvalue weighted by molar-refractivity contribution is 5.81. The topological polar surface area (TPSA) is 61.8 Å². The van der Waals surface area contributed by atoms with Crippen LogP contribution in [0.25, 0.3) is 0 Å². The summed E-state index contributed by atoms with van der Waals surface area (Å²) in [6, 6.07) is 0. The molecule has 2 atom stereocenters. The third kappa shape index (κ3) is 4.40. The predicted molar refractivity (Wildman–Crippen MR) is 60.2 cm³/mol. The Bertz CT molecular complexity index is 310. The molecule has 5 heteroatoms. The molecule has 0 spiro atoms. The summed E-state index contributed by atoms with van der Waals surface area (Å²) in [5.41, 5.74) is 0. The summed E-state index contributed by atoms with van der Waals surface area (Å²) >= 11 is 0. The lowest BCUT2D eigenvalue weighted by Gasteiger charge is -2.30. The second-order valence-electron chi connectivity index (χ2n) is 3.57. The quantitative estimate of drug-likeness (QED) is 0.529. The maximum atomic E-state index is 11.1. The van der Waals surface area contributed by atoms with Crippen LogP contribution < -0.4 is 0 Å². The van der Waals surface area contributed by atoms with Crippen LogP contribution in [0.3, 0.4) is 0 Å². The summed E-state index contributed by atoms with van der Waals surface area (Å²) in [7, 11) is 0. The van der Waals surface area contributed by atoms with Gasteiger partial charge >= 0.3 is 11.9 Å². The Labute approximate surface area is 100 Å². The van der Waals surface area contributed by atoms with Gasteiger partial charge in [-0.05, 0) is 12.8 Å². The standard InChI is InChI=1S/C12H16O5/c1-3-11(13)16-8-10-9(6-5-7-15-10)17-12(14)4-2/h3-4,9-10H,1-2,5-8H2. The second-order valence-corrected chi connectivity index (χ2v) is 3.57. The van der Waals surface area contributed by atoms with Gasteiger partial charge in [-0.3, -0.25) is 0 Å². The molecule has 0 aromatic heterocycles. The normalized spacial score (nSPS) is 23.5. The molecular weight excluding hydrogens is 224 g/mol. The monoisotopic (exact) mass is 240 g/mol. The van der Waals surface area contributed by atoms with Crippen molar-refractivity contribution < 1.29 is 23.8 Å². The molecule has 0 aromatic carbocycles. The Morgan fingerprint density at radius 1 is 1.29 bits per heavy atom. The number of hydrogen-bond acceptors (Lipinski definition) is 5. The van der Waals surface area contributed by atoms with Gasteiger partial charge in [0.15, 0.2) is 0 Å². The molecule has 5 nitrogen and oxygen atoms in total. The van der Waals surface area contributed by atoms with E-state index in [-0.39, 0.29) is 6.61 Å². The molecule has 0 saturated carbocycles. The number of esters is 2. The van der Waals surface area contributed by atoms with Gasteiger partial charge in [0.25, 0.3) is 0 Å². The molecule has 0 aliphatic carbocycles. The number of ether oxygens (including phenoxy) is 3. The van der Waals surface area contributed by atoms with Gasteiger partial charge in [-0.15, -0.1) is 0 Å². The average molecular weight is 240 g/mol. The van der Waals surface area contributed by atoms with E-state index >= 15 is 0 Å². The van der Waals surface area contributed by atoms with Crippen molar-refractivity contribution in [2.24, 2.45) is 0 Å². The van der Waals surface area contributed by atoms with Gasteiger partial charge in [0, 0.05) is 18.8 Å². The fourth-order valence-electron chi connectivity index (χ4n) is 1.52. The van der Waals surface area contributed by atoms with Gasteiger partial charge in [0.05, 0.1) is 0 Å². The van der Waals surface area contributed by atoms with Crippen LogP contribution in [0.2, 0.25) is 0 Å². The first-order valence-corrected chi connectivity index (χ1v) is 5.41. The molecule has 2 unspecified atom stereocenters. The van der Waals surface area contributed by atoms with Gasteiger partial charge in [0.2, 0.25) is 0 Å². The van der Waals surface area contributed by atoms with E-state index in [0.29, 0.717) is 13.0 Å². The number of hydrogen-bond donors (Lipinski definition) is 0. The lowest BCUT2D eigenvalue weighted by molar-refractivity contribution is -0.166. The highest BCUT2D eigenvalue weighted by atomic mass is 16.6.